The molecule has 3 heterocycles. The number of aryl methyl sites for hydroxylation is 1. The van der Waals surface area contributed by atoms with Gasteiger partial charge < -0.3 is 20.4 Å². The Morgan fingerprint density at radius 1 is 1.21 bits per heavy atom. The van der Waals surface area contributed by atoms with Gasteiger partial charge in [0.1, 0.15) is 17.3 Å². The van der Waals surface area contributed by atoms with Gasteiger partial charge >= 0.3 is 0 Å². The van der Waals surface area contributed by atoms with Crippen molar-refractivity contribution < 1.29 is 9.13 Å². The number of nitrogens with zero attached hydrogens (tertiary/aromatic N) is 4. The Bertz CT molecular complexity index is 1390. The molecule has 2 aromatic carbocycles. The molecule has 0 bridgehead atoms. The molecule has 0 saturated carbocycles. The molecule has 34 heavy (non-hydrogen) atoms. The lowest BCUT2D eigenvalue weighted by molar-refractivity contribution is 0.415. The maximum Gasteiger partial charge on any atom is 0.221 e. The molecule has 8 heteroatoms. The van der Waals surface area contributed by atoms with Crippen LogP contribution in [0.3, 0.4) is 0 Å². The van der Waals surface area contributed by atoms with Gasteiger partial charge in [-0.05, 0) is 49.1 Å². The molecule has 0 radical (unpaired) electrons. The number of hydrogen-bond acceptors (Lipinski definition) is 5. The Morgan fingerprint density at radius 2 is 2.00 bits per heavy atom. The van der Waals surface area contributed by atoms with Gasteiger partial charge in [0.05, 0.1) is 31.3 Å². The van der Waals surface area contributed by atoms with Crippen LogP contribution in [0, 0.1) is 19.3 Å². The predicted molar refractivity (Wildman–Crippen MR) is 132 cm³/mol. The van der Waals surface area contributed by atoms with Gasteiger partial charge in [0.15, 0.2) is 0 Å². The number of nitrogens with two attached hydrogens (primary N) is 1. The van der Waals surface area contributed by atoms with Crippen LogP contribution in [0.5, 0.6) is 5.75 Å². The molecule has 172 valence electrons. The van der Waals surface area contributed by atoms with E-state index in [1.807, 2.05) is 31.2 Å². The first kappa shape index (κ1) is 21.9. The first-order chi connectivity index (χ1) is 16.5. The summed E-state index contributed by atoms with van der Waals surface area (Å²) < 4.78 is 19.7. The van der Waals surface area contributed by atoms with Crippen molar-refractivity contribution >= 4 is 22.3 Å². The largest absolute Gasteiger partial charge is 0.497 e. The number of ether oxygens (including phenoxy) is 1. The van der Waals surface area contributed by atoms with Crippen LogP contribution < -0.4 is 15.4 Å². The second-order valence-corrected chi connectivity index (χ2v) is 8.67. The first-order valence-electron chi connectivity index (χ1n) is 11.2. The number of nitrogens with one attached hydrogen (secondary N) is 1. The van der Waals surface area contributed by atoms with Gasteiger partial charge in [-0.25, -0.2) is 9.24 Å². The minimum absolute atomic E-state index is 0.147. The molecule has 0 spiro atoms. The minimum atomic E-state index is -0.306. The second kappa shape index (κ2) is 8.76. The van der Waals surface area contributed by atoms with E-state index in [-0.39, 0.29) is 11.9 Å². The smallest absolute Gasteiger partial charge is 0.221 e. The summed E-state index contributed by atoms with van der Waals surface area (Å²) in [5.41, 5.74) is 11.7. The molecular weight excluding hydrogens is 431 g/mol. The summed E-state index contributed by atoms with van der Waals surface area (Å²) in [7, 11) is 1.61. The van der Waals surface area contributed by atoms with E-state index in [4.69, 9.17) is 17.0 Å². The Morgan fingerprint density at radius 3 is 2.71 bits per heavy atom. The lowest BCUT2D eigenvalue weighted by atomic mass is 9.98. The highest BCUT2D eigenvalue weighted by Crippen LogP contribution is 2.44. The van der Waals surface area contributed by atoms with E-state index in [0.29, 0.717) is 22.8 Å². The number of rotatable bonds is 4. The number of halogens is 1. The summed E-state index contributed by atoms with van der Waals surface area (Å²) in [6, 6.07) is 10.7. The van der Waals surface area contributed by atoms with Gasteiger partial charge in [-0.3, -0.25) is 0 Å². The van der Waals surface area contributed by atoms with Crippen LogP contribution in [0.15, 0.2) is 42.6 Å². The fourth-order valence-electron chi connectivity index (χ4n) is 4.67. The number of aromatic amines is 1. The number of hydrogen-bond donors (Lipinski definition) is 2. The van der Waals surface area contributed by atoms with Gasteiger partial charge in [0.2, 0.25) is 5.69 Å². The molecule has 4 aromatic rings. The molecule has 1 saturated heterocycles. The number of anilines is 1. The van der Waals surface area contributed by atoms with E-state index in [0.717, 1.165) is 59.2 Å². The number of H-pyrrole nitrogens is 1. The molecule has 0 amide bonds. The van der Waals surface area contributed by atoms with Gasteiger partial charge in [0, 0.05) is 41.7 Å². The molecule has 1 fully saturated rings. The Kier molecular flexibility index (Phi) is 5.64. The minimum Gasteiger partial charge on any atom is -0.497 e. The zero-order chi connectivity index (χ0) is 23.8. The van der Waals surface area contributed by atoms with Gasteiger partial charge in [-0.1, -0.05) is 12.1 Å². The lowest BCUT2D eigenvalue weighted by Crippen LogP contribution is -2.40. The summed E-state index contributed by atoms with van der Waals surface area (Å²) in [6.45, 7) is 11.2. The number of benzene rings is 2. The monoisotopic (exact) mass is 456 g/mol. The Balaban J connectivity index is 1.77. The van der Waals surface area contributed by atoms with Gasteiger partial charge in [-0.15, -0.1) is 5.10 Å². The van der Waals surface area contributed by atoms with Crippen molar-refractivity contribution in [3.63, 3.8) is 0 Å². The normalized spacial score (nSPS) is 14.4. The number of aromatic nitrogens is 3. The fourth-order valence-corrected chi connectivity index (χ4v) is 4.67. The van der Waals surface area contributed by atoms with Crippen LogP contribution in [0.2, 0.25) is 0 Å². The van der Waals surface area contributed by atoms with Crippen LogP contribution >= 0.6 is 0 Å². The Hall–Kier alpha value is -3.96. The van der Waals surface area contributed by atoms with Crippen LogP contribution in [0.1, 0.15) is 18.4 Å². The van der Waals surface area contributed by atoms with Crippen LogP contribution in [-0.2, 0) is 0 Å². The quantitative estimate of drug-likeness (QED) is 0.411. The third-order valence-electron chi connectivity index (χ3n) is 6.36. The number of fused-ring (bicyclic) bond motifs is 1. The van der Waals surface area contributed by atoms with E-state index < -0.39 is 0 Å². The van der Waals surface area contributed by atoms with Crippen molar-refractivity contribution in [1.29, 1.82) is 0 Å². The third kappa shape index (κ3) is 3.84. The van der Waals surface area contributed by atoms with Gasteiger partial charge in [-0.2, -0.15) is 5.10 Å². The lowest BCUT2D eigenvalue weighted by Gasteiger charge is -2.34. The van der Waals surface area contributed by atoms with Crippen molar-refractivity contribution in [2.24, 2.45) is 5.73 Å². The van der Waals surface area contributed by atoms with E-state index >= 15 is 0 Å². The number of piperidine rings is 1. The summed E-state index contributed by atoms with van der Waals surface area (Å²) >= 11 is 0. The average molecular weight is 457 g/mol. The third-order valence-corrected chi connectivity index (χ3v) is 6.36. The maximum absolute atomic E-state index is 14.4. The van der Waals surface area contributed by atoms with E-state index in [1.54, 1.807) is 13.3 Å². The molecule has 0 unspecified atom stereocenters. The highest BCUT2D eigenvalue weighted by molar-refractivity contribution is 6.04. The molecule has 1 aliphatic rings. The standard InChI is InChI=1S/C26H25FN6O/c1-15-10-16(12-17(27)11-15)21-14-30-32-25(26(21)33-8-6-18(28)7-9-33)24-23(29-2)20-5-4-19(34-3)13-22(20)31-24/h4-5,10-14,18,31H,6-9,28H2,1,3H3. The van der Waals surface area contributed by atoms with E-state index in [9.17, 15) is 4.39 Å². The molecular formula is C26H25FN6O. The summed E-state index contributed by atoms with van der Waals surface area (Å²) in [4.78, 5) is 9.43. The molecule has 5 rings (SSSR count). The zero-order valence-electron chi connectivity index (χ0n) is 19.1. The first-order valence-corrected chi connectivity index (χ1v) is 11.2. The van der Waals surface area contributed by atoms with Crippen molar-refractivity contribution in [2.75, 3.05) is 25.1 Å². The van der Waals surface area contributed by atoms with Crippen LogP contribution in [0.25, 0.3) is 38.3 Å². The SMILES string of the molecule is [C-]#[N+]c1c(-c2nncc(-c3cc(C)cc(F)c3)c2N2CCC(N)CC2)[nH]c2cc(OC)ccc12. The molecule has 3 N–H and O–H groups in total. The van der Waals surface area contributed by atoms with Crippen molar-refractivity contribution in [3.8, 4) is 28.3 Å². The van der Waals surface area contributed by atoms with E-state index in [1.165, 1.54) is 12.1 Å². The molecule has 2 aromatic heterocycles. The molecule has 1 aliphatic heterocycles. The Labute approximate surface area is 197 Å². The topological polar surface area (TPSA) is 84.4 Å². The summed E-state index contributed by atoms with van der Waals surface area (Å²) in [5, 5.41) is 9.56. The van der Waals surface area contributed by atoms with Crippen molar-refractivity contribution in [3.05, 3.63) is 65.4 Å². The predicted octanol–water partition coefficient (Wildman–Crippen LogP) is 5.23. The average Bonchev–Trinajstić information content (AvgIpc) is 3.21. The molecule has 7 nitrogen and oxygen atoms in total. The number of methoxy groups -OCH3 is 1. The molecule has 0 atom stereocenters. The highest BCUT2D eigenvalue weighted by atomic mass is 19.1. The van der Waals surface area contributed by atoms with E-state index in [2.05, 4.69) is 24.9 Å². The maximum atomic E-state index is 14.4. The van der Waals surface area contributed by atoms with Crippen molar-refractivity contribution in [2.45, 2.75) is 25.8 Å². The van der Waals surface area contributed by atoms with Crippen LogP contribution in [-0.4, -0.2) is 41.4 Å². The van der Waals surface area contributed by atoms with Gasteiger partial charge in [0.25, 0.3) is 0 Å². The highest BCUT2D eigenvalue weighted by Gasteiger charge is 2.27. The fraction of sp³-hybridized carbons (Fsp3) is 0.269. The summed E-state index contributed by atoms with van der Waals surface area (Å²) in [6.07, 6.45) is 3.34. The zero-order valence-corrected chi connectivity index (χ0v) is 19.1. The van der Waals surface area contributed by atoms with Crippen molar-refractivity contribution in [1.82, 2.24) is 15.2 Å². The molecule has 0 aliphatic carbocycles. The second-order valence-electron chi connectivity index (χ2n) is 8.67. The van der Waals surface area contributed by atoms with Crippen LogP contribution in [0.4, 0.5) is 15.8 Å². The summed E-state index contributed by atoms with van der Waals surface area (Å²) in [5.74, 6) is 0.386.